The van der Waals surface area contributed by atoms with Gasteiger partial charge in [0.25, 0.3) is 11.6 Å². The smallest absolute Gasteiger partial charge is 0.283 e. The van der Waals surface area contributed by atoms with Crippen molar-refractivity contribution in [2.75, 3.05) is 0 Å². The SMILES string of the molecule is CCCC1=NN2C(=N)C(=Cc3ccc(-c4ccc([N+](=O)[O-])cc4)o3)C(=O)N=C2S1. The zero-order valence-corrected chi connectivity index (χ0v) is 16.1. The molecular formula is C19H15N5O4S. The Kier molecular flexibility index (Phi) is 4.85. The molecular weight excluding hydrogens is 394 g/mol. The average Bonchev–Trinajstić information content (AvgIpc) is 3.32. The van der Waals surface area contributed by atoms with E-state index >= 15 is 0 Å². The molecule has 2 aromatic rings. The number of non-ortho nitro benzene ring substituents is 1. The van der Waals surface area contributed by atoms with Crippen molar-refractivity contribution >= 4 is 45.5 Å². The minimum atomic E-state index is -0.519. The van der Waals surface area contributed by atoms with Gasteiger partial charge in [-0.2, -0.15) is 15.1 Å². The second kappa shape index (κ2) is 7.47. The third-order valence-electron chi connectivity index (χ3n) is 4.24. The number of carbonyl (C=O) groups is 1. The van der Waals surface area contributed by atoms with Crippen LogP contribution >= 0.6 is 11.8 Å². The number of hydrogen-bond donors (Lipinski definition) is 1. The van der Waals surface area contributed by atoms with Crippen LogP contribution in [0.2, 0.25) is 0 Å². The van der Waals surface area contributed by atoms with E-state index < -0.39 is 10.8 Å². The first kappa shape index (κ1) is 18.8. The van der Waals surface area contributed by atoms with Gasteiger partial charge in [0.05, 0.1) is 10.5 Å². The first-order chi connectivity index (χ1) is 14.0. The Bertz CT molecular complexity index is 1110. The molecule has 2 aliphatic rings. The average molecular weight is 409 g/mol. The summed E-state index contributed by atoms with van der Waals surface area (Å²) < 4.78 is 5.74. The molecule has 1 amide bonds. The Labute approximate surface area is 169 Å². The summed E-state index contributed by atoms with van der Waals surface area (Å²) in [5.41, 5.74) is 0.736. The molecule has 1 aromatic heterocycles. The minimum Gasteiger partial charge on any atom is -0.457 e. The van der Waals surface area contributed by atoms with E-state index in [1.807, 2.05) is 6.92 Å². The molecule has 146 valence electrons. The highest BCUT2D eigenvalue weighted by Crippen LogP contribution is 2.31. The van der Waals surface area contributed by atoms with Gasteiger partial charge in [-0.3, -0.25) is 20.3 Å². The number of fused-ring (bicyclic) bond motifs is 1. The van der Waals surface area contributed by atoms with Crippen molar-refractivity contribution in [1.29, 1.82) is 5.41 Å². The van der Waals surface area contributed by atoms with Crippen LogP contribution in [0.25, 0.3) is 17.4 Å². The molecule has 1 N–H and O–H groups in total. The lowest BCUT2D eigenvalue weighted by atomic mass is 10.1. The van der Waals surface area contributed by atoms with Gasteiger partial charge in [0, 0.05) is 17.7 Å². The van der Waals surface area contributed by atoms with E-state index in [0.717, 1.165) is 17.9 Å². The van der Waals surface area contributed by atoms with Gasteiger partial charge in [0.1, 0.15) is 16.6 Å². The normalized spacial score (nSPS) is 17.4. The lowest BCUT2D eigenvalue weighted by Gasteiger charge is -2.19. The highest BCUT2D eigenvalue weighted by molar-refractivity contribution is 8.26. The predicted octanol–water partition coefficient (Wildman–Crippen LogP) is 4.27. The van der Waals surface area contributed by atoms with Gasteiger partial charge in [0.15, 0.2) is 5.84 Å². The first-order valence-electron chi connectivity index (χ1n) is 8.80. The van der Waals surface area contributed by atoms with Crippen LogP contribution in [0.15, 0.2) is 56.5 Å². The number of nitro groups is 1. The van der Waals surface area contributed by atoms with Crippen LogP contribution in [-0.2, 0) is 4.79 Å². The van der Waals surface area contributed by atoms with Gasteiger partial charge in [0.2, 0.25) is 5.17 Å². The highest BCUT2D eigenvalue weighted by atomic mass is 32.2. The number of nitrogens with zero attached hydrogens (tertiary/aromatic N) is 4. The van der Waals surface area contributed by atoms with Crippen LogP contribution in [0.4, 0.5) is 5.69 Å². The van der Waals surface area contributed by atoms with E-state index in [4.69, 9.17) is 9.83 Å². The Morgan fingerprint density at radius 1 is 1.28 bits per heavy atom. The Morgan fingerprint density at radius 2 is 2.03 bits per heavy atom. The van der Waals surface area contributed by atoms with Crippen LogP contribution in [0.5, 0.6) is 0 Å². The quantitative estimate of drug-likeness (QED) is 0.446. The fourth-order valence-corrected chi connectivity index (χ4v) is 3.81. The highest BCUT2D eigenvalue weighted by Gasteiger charge is 2.35. The summed E-state index contributed by atoms with van der Waals surface area (Å²) in [6, 6.07) is 9.32. The molecule has 1 aromatic carbocycles. The van der Waals surface area contributed by atoms with Crippen LogP contribution in [0.1, 0.15) is 25.5 Å². The van der Waals surface area contributed by atoms with Crippen molar-refractivity contribution < 1.29 is 14.1 Å². The van der Waals surface area contributed by atoms with Gasteiger partial charge in [-0.25, -0.2) is 0 Å². The van der Waals surface area contributed by atoms with Crippen molar-refractivity contribution in [3.63, 3.8) is 0 Å². The summed E-state index contributed by atoms with van der Waals surface area (Å²) in [5, 5.41) is 26.1. The van der Waals surface area contributed by atoms with E-state index in [1.54, 1.807) is 24.3 Å². The van der Waals surface area contributed by atoms with Crippen LogP contribution in [0, 0.1) is 15.5 Å². The largest absolute Gasteiger partial charge is 0.457 e. The second-order valence-electron chi connectivity index (χ2n) is 6.27. The fraction of sp³-hybridized carbons (Fsp3) is 0.158. The summed E-state index contributed by atoms with van der Waals surface area (Å²) in [5.74, 6) is 0.294. The van der Waals surface area contributed by atoms with E-state index in [9.17, 15) is 14.9 Å². The second-order valence-corrected chi connectivity index (χ2v) is 7.31. The molecule has 0 aliphatic carbocycles. The standard InChI is InChI=1S/C19H15N5O4S/c1-2-3-16-22-23-17(20)14(18(25)21-19(23)29-16)10-13-8-9-15(28-13)11-4-6-12(7-5-11)24(26)27/h4-10,20H,2-3H2,1H3. The first-order valence-corrected chi connectivity index (χ1v) is 9.61. The molecule has 0 spiro atoms. The molecule has 0 atom stereocenters. The third-order valence-corrected chi connectivity index (χ3v) is 5.20. The zero-order valence-electron chi connectivity index (χ0n) is 15.3. The molecule has 29 heavy (non-hydrogen) atoms. The number of carbonyl (C=O) groups excluding carboxylic acids is 1. The molecule has 9 nitrogen and oxygen atoms in total. The Hall–Kier alpha value is -3.53. The monoisotopic (exact) mass is 409 g/mol. The van der Waals surface area contributed by atoms with Crippen molar-refractivity contribution in [2.24, 2.45) is 10.1 Å². The number of hydrazone groups is 1. The maximum atomic E-state index is 12.4. The third kappa shape index (κ3) is 3.61. The summed E-state index contributed by atoms with van der Waals surface area (Å²) in [6.45, 7) is 2.03. The van der Waals surface area contributed by atoms with Gasteiger partial charge < -0.3 is 4.42 Å². The maximum absolute atomic E-state index is 12.4. The zero-order chi connectivity index (χ0) is 20.5. The van der Waals surface area contributed by atoms with E-state index in [2.05, 4.69) is 10.1 Å². The summed E-state index contributed by atoms with van der Waals surface area (Å²) in [4.78, 5) is 26.7. The molecule has 0 unspecified atom stereocenters. The molecule has 0 radical (unpaired) electrons. The number of aliphatic imine (C=N–C) groups is 1. The number of rotatable bonds is 5. The molecule has 0 saturated carbocycles. The molecule has 0 saturated heterocycles. The Morgan fingerprint density at radius 3 is 2.72 bits per heavy atom. The van der Waals surface area contributed by atoms with Crippen molar-refractivity contribution in [3.05, 3.63) is 57.8 Å². The molecule has 3 heterocycles. The molecule has 0 fully saturated rings. The Balaban J connectivity index is 1.60. The topological polar surface area (TPSA) is 125 Å². The van der Waals surface area contributed by atoms with Crippen molar-refractivity contribution in [2.45, 2.75) is 19.8 Å². The molecule has 2 aliphatic heterocycles. The number of nitrogens with one attached hydrogen (secondary N) is 1. The molecule has 4 rings (SSSR count). The lowest BCUT2D eigenvalue weighted by molar-refractivity contribution is -0.384. The molecule has 10 heteroatoms. The van der Waals surface area contributed by atoms with Gasteiger partial charge in [-0.15, -0.1) is 0 Å². The van der Waals surface area contributed by atoms with E-state index in [0.29, 0.717) is 22.3 Å². The summed E-state index contributed by atoms with van der Waals surface area (Å²) >= 11 is 1.31. The van der Waals surface area contributed by atoms with Crippen LogP contribution in [-0.4, -0.2) is 31.9 Å². The molecule has 0 bridgehead atoms. The number of hydrogen-bond acceptors (Lipinski definition) is 7. The summed E-state index contributed by atoms with van der Waals surface area (Å²) in [6.07, 6.45) is 3.13. The van der Waals surface area contributed by atoms with Crippen LogP contribution < -0.4 is 0 Å². The van der Waals surface area contributed by atoms with Crippen LogP contribution in [0.3, 0.4) is 0 Å². The van der Waals surface area contributed by atoms with Crippen molar-refractivity contribution in [1.82, 2.24) is 5.01 Å². The van der Waals surface area contributed by atoms with Crippen molar-refractivity contribution in [3.8, 4) is 11.3 Å². The predicted molar refractivity (Wildman–Crippen MR) is 111 cm³/mol. The number of benzene rings is 1. The van der Waals surface area contributed by atoms with Gasteiger partial charge in [-0.1, -0.05) is 6.92 Å². The minimum absolute atomic E-state index is 0.0101. The van der Waals surface area contributed by atoms with Gasteiger partial charge in [-0.05, 0) is 54.9 Å². The van der Waals surface area contributed by atoms with E-state index in [1.165, 1.54) is 35.0 Å². The lowest BCUT2D eigenvalue weighted by Crippen LogP contribution is -2.35. The number of nitro benzene ring substituents is 1. The number of amides is 1. The summed E-state index contributed by atoms with van der Waals surface area (Å²) in [7, 11) is 0. The number of thioether (sulfide) groups is 1. The maximum Gasteiger partial charge on any atom is 0.283 e. The fourth-order valence-electron chi connectivity index (χ4n) is 2.82. The van der Waals surface area contributed by atoms with E-state index in [-0.39, 0.29) is 17.1 Å². The number of amidine groups is 2. The number of furan rings is 1. The van der Waals surface area contributed by atoms with Gasteiger partial charge >= 0.3 is 0 Å².